The maximum atomic E-state index is 11.4. The number of benzene rings is 1. The Labute approximate surface area is 113 Å². The number of fused-ring (bicyclic) bond motifs is 1. The first-order chi connectivity index (χ1) is 9.33. The third-order valence-corrected chi connectivity index (χ3v) is 3.74. The van der Waals surface area contributed by atoms with Crippen molar-refractivity contribution in [2.24, 2.45) is 0 Å². The fourth-order valence-corrected chi connectivity index (χ4v) is 2.64. The van der Waals surface area contributed by atoms with Crippen molar-refractivity contribution in [2.45, 2.75) is 19.3 Å². The molecular formula is C15H19NO3. The first kappa shape index (κ1) is 12.5. The van der Waals surface area contributed by atoms with Crippen LogP contribution in [0.3, 0.4) is 0 Å². The minimum absolute atomic E-state index is 0.0508. The zero-order valence-corrected chi connectivity index (χ0v) is 11.1. The van der Waals surface area contributed by atoms with Crippen LogP contribution in [0.15, 0.2) is 18.2 Å². The van der Waals surface area contributed by atoms with Crippen molar-refractivity contribution < 1.29 is 14.3 Å². The average molecular weight is 261 g/mol. The number of ether oxygens (including phenoxy) is 2. The van der Waals surface area contributed by atoms with Crippen LogP contribution in [-0.2, 0) is 0 Å². The van der Waals surface area contributed by atoms with E-state index in [2.05, 4.69) is 4.90 Å². The Morgan fingerprint density at radius 1 is 1.21 bits per heavy atom. The number of rotatable bonds is 4. The molecule has 102 valence electrons. The summed E-state index contributed by atoms with van der Waals surface area (Å²) in [6.45, 7) is 4.19. The summed E-state index contributed by atoms with van der Waals surface area (Å²) >= 11 is 0. The van der Waals surface area contributed by atoms with Gasteiger partial charge >= 0.3 is 0 Å². The lowest BCUT2D eigenvalue weighted by Crippen LogP contribution is -2.33. The number of hydrogen-bond donors (Lipinski definition) is 0. The SMILES string of the molecule is O=C1COc2cc(OCCN3CCCCC3)ccc21. The van der Waals surface area contributed by atoms with Gasteiger partial charge in [-0.15, -0.1) is 0 Å². The fraction of sp³-hybridized carbons (Fsp3) is 0.533. The molecule has 0 radical (unpaired) electrons. The van der Waals surface area contributed by atoms with Gasteiger partial charge in [0.25, 0.3) is 0 Å². The van der Waals surface area contributed by atoms with E-state index in [0.717, 1.165) is 12.3 Å². The predicted octanol–water partition coefficient (Wildman–Crippen LogP) is 2.13. The highest BCUT2D eigenvalue weighted by Gasteiger charge is 2.21. The molecule has 4 nitrogen and oxygen atoms in total. The van der Waals surface area contributed by atoms with E-state index in [1.807, 2.05) is 12.1 Å². The first-order valence-electron chi connectivity index (χ1n) is 6.98. The van der Waals surface area contributed by atoms with E-state index in [1.165, 1.54) is 32.4 Å². The monoisotopic (exact) mass is 261 g/mol. The van der Waals surface area contributed by atoms with Crippen LogP contribution in [0.1, 0.15) is 29.6 Å². The fourth-order valence-electron chi connectivity index (χ4n) is 2.64. The Hall–Kier alpha value is -1.55. The van der Waals surface area contributed by atoms with Gasteiger partial charge in [0, 0.05) is 12.6 Å². The van der Waals surface area contributed by atoms with E-state index in [9.17, 15) is 4.79 Å². The second-order valence-electron chi connectivity index (χ2n) is 5.12. The van der Waals surface area contributed by atoms with E-state index < -0.39 is 0 Å². The molecule has 0 atom stereocenters. The first-order valence-corrected chi connectivity index (χ1v) is 6.98. The van der Waals surface area contributed by atoms with E-state index in [4.69, 9.17) is 9.47 Å². The molecule has 1 aromatic carbocycles. The smallest absolute Gasteiger partial charge is 0.203 e. The number of piperidine rings is 1. The molecule has 1 aromatic rings. The highest BCUT2D eigenvalue weighted by molar-refractivity contribution is 6.02. The van der Waals surface area contributed by atoms with Gasteiger partial charge in [0.1, 0.15) is 18.1 Å². The van der Waals surface area contributed by atoms with Crippen LogP contribution in [0, 0.1) is 0 Å². The van der Waals surface area contributed by atoms with Crippen molar-refractivity contribution in [2.75, 3.05) is 32.8 Å². The Morgan fingerprint density at radius 3 is 2.89 bits per heavy atom. The summed E-state index contributed by atoms with van der Waals surface area (Å²) in [7, 11) is 0. The summed E-state index contributed by atoms with van der Waals surface area (Å²) in [5, 5.41) is 0. The minimum Gasteiger partial charge on any atom is -0.492 e. The van der Waals surface area contributed by atoms with Crippen molar-refractivity contribution >= 4 is 5.78 Å². The van der Waals surface area contributed by atoms with Crippen LogP contribution in [0.4, 0.5) is 0 Å². The number of nitrogens with zero attached hydrogens (tertiary/aromatic N) is 1. The van der Waals surface area contributed by atoms with Gasteiger partial charge in [0.2, 0.25) is 5.78 Å². The molecule has 0 unspecified atom stereocenters. The molecule has 0 spiro atoms. The van der Waals surface area contributed by atoms with Crippen LogP contribution in [-0.4, -0.2) is 43.5 Å². The van der Waals surface area contributed by atoms with E-state index in [1.54, 1.807) is 6.07 Å². The number of carbonyl (C=O) groups excluding carboxylic acids is 1. The quantitative estimate of drug-likeness (QED) is 0.832. The summed E-state index contributed by atoms with van der Waals surface area (Å²) in [5.74, 6) is 1.49. The van der Waals surface area contributed by atoms with Crippen LogP contribution in [0.2, 0.25) is 0 Å². The number of likely N-dealkylation sites (tertiary alicyclic amines) is 1. The maximum absolute atomic E-state index is 11.4. The van der Waals surface area contributed by atoms with Gasteiger partial charge in [-0.2, -0.15) is 0 Å². The number of Topliss-reactive ketones (excluding diaryl/α,β-unsaturated/α-hetero) is 1. The standard InChI is InChI=1S/C15H19NO3/c17-14-11-19-15-10-12(4-5-13(14)15)18-9-8-16-6-2-1-3-7-16/h4-5,10H,1-3,6-9,11H2. The lowest BCUT2D eigenvalue weighted by Gasteiger charge is -2.26. The topological polar surface area (TPSA) is 38.8 Å². The molecule has 1 saturated heterocycles. The van der Waals surface area contributed by atoms with E-state index in [-0.39, 0.29) is 12.4 Å². The summed E-state index contributed by atoms with van der Waals surface area (Å²) in [6.07, 6.45) is 3.96. The molecule has 0 aliphatic carbocycles. The van der Waals surface area contributed by atoms with Crippen molar-refractivity contribution in [3.05, 3.63) is 23.8 Å². The van der Waals surface area contributed by atoms with Gasteiger partial charge < -0.3 is 9.47 Å². The molecule has 0 aromatic heterocycles. The summed E-state index contributed by atoms with van der Waals surface area (Å²) in [5.41, 5.74) is 0.670. The third kappa shape index (κ3) is 2.89. The van der Waals surface area contributed by atoms with Crippen LogP contribution in [0.5, 0.6) is 11.5 Å². The number of ketones is 1. The van der Waals surface area contributed by atoms with Gasteiger partial charge in [-0.25, -0.2) is 0 Å². The molecular weight excluding hydrogens is 242 g/mol. The van der Waals surface area contributed by atoms with Gasteiger partial charge in [-0.3, -0.25) is 9.69 Å². The summed E-state index contributed by atoms with van der Waals surface area (Å²) < 4.78 is 11.0. The van der Waals surface area contributed by atoms with Gasteiger partial charge in [-0.1, -0.05) is 6.42 Å². The van der Waals surface area contributed by atoms with Gasteiger partial charge in [-0.05, 0) is 38.1 Å². The number of carbonyl (C=O) groups is 1. The Bertz CT molecular complexity index is 466. The summed E-state index contributed by atoms with van der Waals surface area (Å²) in [6, 6.07) is 5.46. The predicted molar refractivity (Wildman–Crippen MR) is 72.1 cm³/mol. The zero-order valence-electron chi connectivity index (χ0n) is 11.1. The zero-order chi connectivity index (χ0) is 13.1. The minimum atomic E-state index is 0.0508. The van der Waals surface area contributed by atoms with Crippen molar-refractivity contribution in [3.63, 3.8) is 0 Å². The highest BCUT2D eigenvalue weighted by atomic mass is 16.5. The molecule has 2 aliphatic heterocycles. The Morgan fingerprint density at radius 2 is 2.05 bits per heavy atom. The molecule has 19 heavy (non-hydrogen) atoms. The lowest BCUT2D eigenvalue weighted by atomic mass is 10.1. The maximum Gasteiger partial charge on any atom is 0.203 e. The second-order valence-corrected chi connectivity index (χ2v) is 5.12. The van der Waals surface area contributed by atoms with Crippen LogP contribution >= 0.6 is 0 Å². The largest absolute Gasteiger partial charge is 0.492 e. The molecule has 0 amide bonds. The Kier molecular flexibility index (Phi) is 3.69. The second kappa shape index (κ2) is 5.61. The molecule has 1 fully saturated rings. The summed E-state index contributed by atoms with van der Waals surface area (Å²) in [4.78, 5) is 13.9. The van der Waals surface area contributed by atoms with Gasteiger partial charge in [0.05, 0.1) is 5.56 Å². The van der Waals surface area contributed by atoms with Crippen molar-refractivity contribution in [1.29, 1.82) is 0 Å². The normalized spacial score (nSPS) is 19.1. The molecule has 0 bridgehead atoms. The third-order valence-electron chi connectivity index (χ3n) is 3.74. The molecule has 0 saturated carbocycles. The van der Waals surface area contributed by atoms with Gasteiger partial charge in [0.15, 0.2) is 6.61 Å². The molecule has 0 N–H and O–H groups in total. The van der Waals surface area contributed by atoms with Crippen LogP contribution in [0.25, 0.3) is 0 Å². The highest BCUT2D eigenvalue weighted by Crippen LogP contribution is 2.29. The van der Waals surface area contributed by atoms with Crippen molar-refractivity contribution in [3.8, 4) is 11.5 Å². The number of hydrogen-bond acceptors (Lipinski definition) is 4. The van der Waals surface area contributed by atoms with Crippen molar-refractivity contribution in [1.82, 2.24) is 4.90 Å². The molecule has 3 rings (SSSR count). The van der Waals surface area contributed by atoms with E-state index in [0.29, 0.717) is 17.9 Å². The lowest BCUT2D eigenvalue weighted by molar-refractivity contribution is 0.0961. The van der Waals surface area contributed by atoms with E-state index >= 15 is 0 Å². The average Bonchev–Trinajstić information content (AvgIpc) is 2.81. The van der Waals surface area contributed by atoms with Crippen LogP contribution < -0.4 is 9.47 Å². The molecule has 2 aliphatic rings. The molecule has 2 heterocycles. The molecule has 4 heteroatoms. The Balaban J connectivity index is 1.51.